The zero-order valence-electron chi connectivity index (χ0n) is 11.8. The molecule has 1 N–H and O–H groups in total. The van der Waals surface area contributed by atoms with Crippen molar-refractivity contribution < 1.29 is 14.7 Å². The molecule has 0 spiro atoms. The summed E-state index contributed by atoms with van der Waals surface area (Å²) in [6.45, 7) is 0.807. The molecule has 108 valence electrons. The molecule has 0 aromatic rings. The van der Waals surface area contributed by atoms with Gasteiger partial charge in [-0.2, -0.15) is 0 Å². The van der Waals surface area contributed by atoms with Crippen LogP contribution in [-0.4, -0.2) is 35.5 Å². The van der Waals surface area contributed by atoms with Crippen LogP contribution in [0, 0.1) is 17.8 Å². The Balaban J connectivity index is 1.89. The van der Waals surface area contributed by atoms with E-state index in [1.165, 1.54) is 32.1 Å². The molecule has 2 saturated carbocycles. The molecule has 2 aliphatic carbocycles. The molecule has 0 aromatic carbocycles. The van der Waals surface area contributed by atoms with E-state index in [4.69, 9.17) is 5.11 Å². The van der Waals surface area contributed by atoms with Gasteiger partial charge in [-0.1, -0.05) is 25.7 Å². The van der Waals surface area contributed by atoms with Crippen LogP contribution in [0.4, 0.5) is 0 Å². The molecule has 19 heavy (non-hydrogen) atoms. The molecule has 2 atom stereocenters. The smallest absolute Gasteiger partial charge is 0.307 e. The molecule has 0 saturated heterocycles. The van der Waals surface area contributed by atoms with Gasteiger partial charge in [0.2, 0.25) is 5.91 Å². The standard InChI is InChI=1S/C15H25NO3/c1-16(10-11-6-3-2-4-7-11)14(17)12-8-5-9-13(12)15(18)19/h11-13H,2-10H2,1H3,(H,18,19). The van der Waals surface area contributed by atoms with Crippen LogP contribution in [0.5, 0.6) is 0 Å². The summed E-state index contributed by atoms with van der Waals surface area (Å²) in [7, 11) is 1.84. The van der Waals surface area contributed by atoms with E-state index in [0.29, 0.717) is 12.3 Å². The maximum atomic E-state index is 12.4. The van der Waals surface area contributed by atoms with Crippen LogP contribution in [-0.2, 0) is 9.59 Å². The number of carbonyl (C=O) groups excluding carboxylic acids is 1. The predicted molar refractivity (Wildman–Crippen MR) is 72.7 cm³/mol. The summed E-state index contributed by atoms with van der Waals surface area (Å²) in [6, 6.07) is 0. The quantitative estimate of drug-likeness (QED) is 0.851. The summed E-state index contributed by atoms with van der Waals surface area (Å²) in [5.74, 6) is -0.878. The Hall–Kier alpha value is -1.06. The van der Waals surface area contributed by atoms with E-state index >= 15 is 0 Å². The molecule has 1 amide bonds. The third-order valence-corrected chi connectivity index (χ3v) is 4.78. The first-order chi connectivity index (χ1) is 9.09. The SMILES string of the molecule is CN(CC1CCCCC1)C(=O)C1CCCC1C(=O)O. The number of carboxylic acids is 1. The lowest BCUT2D eigenvalue weighted by Gasteiger charge is -2.29. The normalized spacial score (nSPS) is 28.3. The second-order valence-electron chi connectivity index (χ2n) is 6.20. The highest BCUT2D eigenvalue weighted by atomic mass is 16.4. The summed E-state index contributed by atoms with van der Waals surface area (Å²) in [4.78, 5) is 25.3. The molecular formula is C15H25NO3. The topological polar surface area (TPSA) is 57.6 Å². The van der Waals surface area contributed by atoms with Gasteiger partial charge in [0, 0.05) is 13.6 Å². The van der Waals surface area contributed by atoms with Gasteiger partial charge < -0.3 is 10.0 Å². The molecule has 2 fully saturated rings. The molecule has 0 heterocycles. The minimum Gasteiger partial charge on any atom is -0.481 e. The van der Waals surface area contributed by atoms with Crippen LogP contribution in [0.2, 0.25) is 0 Å². The van der Waals surface area contributed by atoms with Gasteiger partial charge in [0.15, 0.2) is 0 Å². The number of aliphatic carboxylic acids is 1. The Labute approximate surface area is 115 Å². The Kier molecular flexibility index (Phi) is 4.83. The highest BCUT2D eigenvalue weighted by molar-refractivity contribution is 5.85. The highest BCUT2D eigenvalue weighted by Crippen LogP contribution is 2.33. The molecule has 2 rings (SSSR count). The van der Waals surface area contributed by atoms with Crippen molar-refractivity contribution in [2.45, 2.75) is 51.4 Å². The average molecular weight is 267 g/mol. The van der Waals surface area contributed by atoms with Gasteiger partial charge in [-0.3, -0.25) is 9.59 Å². The second-order valence-corrected chi connectivity index (χ2v) is 6.20. The fourth-order valence-corrected chi connectivity index (χ4v) is 3.68. The minimum absolute atomic E-state index is 0.0514. The van der Waals surface area contributed by atoms with Crippen LogP contribution < -0.4 is 0 Å². The largest absolute Gasteiger partial charge is 0.481 e. The third-order valence-electron chi connectivity index (χ3n) is 4.78. The van der Waals surface area contributed by atoms with Crippen molar-refractivity contribution >= 4 is 11.9 Å². The predicted octanol–water partition coefficient (Wildman–Crippen LogP) is 2.53. The average Bonchev–Trinajstić information content (AvgIpc) is 2.88. The number of nitrogens with zero attached hydrogens (tertiary/aromatic N) is 1. The number of hydrogen-bond acceptors (Lipinski definition) is 2. The van der Waals surface area contributed by atoms with E-state index in [-0.39, 0.29) is 11.8 Å². The molecular weight excluding hydrogens is 242 g/mol. The highest BCUT2D eigenvalue weighted by Gasteiger charge is 2.39. The molecule has 0 aromatic heterocycles. The summed E-state index contributed by atoms with van der Waals surface area (Å²) in [5, 5.41) is 9.17. The summed E-state index contributed by atoms with van der Waals surface area (Å²) < 4.78 is 0. The van der Waals surface area contributed by atoms with Gasteiger partial charge in [0.05, 0.1) is 11.8 Å². The van der Waals surface area contributed by atoms with E-state index in [0.717, 1.165) is 19.4 Å². The molecule has 2 aliphatic rings. The number of rotatable bonds is 4. The Morgan fingerprint density at radius 3 is 2.26 bits per heavy atom. The molecule has 0 aliphatic heterocycles. The van der Waals surface area contributed by atoms with Crippen molar-refractivity contribution in [3.63, 3.8) is 0 Å². The number of hydrogen-bond donors (Lipinski definition) is 1. The van der Waals surface area contributed by atoms with Gasteiger partial charge in [-0.25, -0.2) is 0 Å². The molecule has 4 nitrogen and oxygen atoms in total. The van der Waals surface area contributed by atoms with Crippen LogP contribution in [0.25, 0.3) is 0 Å². The van der Waals surface area contributed by atoms with Gasteiger partial charge in [-0.15, -0.1) is 0 Å². The van der Waals surface area contributed by atoms with E-state index in [1.54, 1.807) is 4.90 Å². The van der Waals surface area contributed by atoms with Crippen LogP contribution >= 0.6 is 0 Å². The van der Waals surface area contributed by atoms with Crippen molar-refractivity contribution in [1.82, 2.24) is 4.90 Å². The lowest BCUT2D eigenvalue weighted by Crippen LogP contribution is -2.39. The molecule has 2 unspecified atom stereocenters. The van der Waals surface area contributed by atoms with Crippen molar-refractivity contribution in [3.8, 4) is 0 Å². The lowest BCUT2D eigenvalue weighted by atomic mass is 9.88. The van der Waals surface area contributed by atoms with Gasteiger partial charge in [-0.05, 0) is 31.6 Å². The molecule has 4 heteroatoms. The Morgan fingerprint density at radius 2 is 1.63 bits per heavy atom. The number of amides is 1. The van der Waals surface area contributed by atoms with E-state index in [2.05, 4.69) is 0 Å². The summed E-state index contributed by atoms with van der Waals surface area (Å²) >= 11 is 0. The summed E-state index contributed by atoms with van der Waals surface area (Å²) in [5.41, 5.74) is 0. The maximum Gasteiger partial charge on any atom is 0.307 e. The first kappa shape index (κ1) is 14.4. The zero-order valence-corrected chi connectivity index (χ0v) is 11.8. The monoisotopic (exact) mass is 267 g/mol. The second kappa shape index (κ2) is 6.40. The zero-order chi connectivity index (χ0) is 13.8. The van der Waals surface area contributed by atoms with Gasteiger partial charge in [0.1, 0.15) is 0 Å². The molecule has 0 bridgehead atoms. The van der Waals surface area contributed by atoms with E-state index in [9.17, 15) is 9.59 Å². The van der Waals surface area contributed by atoms with Crippen LogP contribution in [0.1, 0.15) is 51.4 Å². The number of carbonyl (C=O) groups is 2. The summed E-state index contributed by atoms with van der Waals surface area (Å²) in [6.07, 6.45) is 8.55. The van der Waals surface area contributed by atoms with Crippen LogP contribution in [0.15, 0.2) is 0 Å². The third kappa shape index (κ3) is 3.48. The molecule has 0 radical (unpaired) electrons. The van der Waals surface area contributed by atoms with E-state index < -0.39 is 11.9 Å². The lowest BCUT2D eigenvalue weighted by molar-refractivity contribution is -0.148. The van der Waals surface area contributed by atoms with Crippen molar-refractivity contribution in [2.75, 3.05) is 13.6 Å². The number of carboxylic acid groups (broad SMARTS) is 1. The van der Waals surface area contributed by atoms with Crippen molar-refractivity contribution in [1.29, 1.82) is 0 Å². The van der Waals surface area contributed by atoms with Gasteiger partial charge in [0.25, 0.3) is 0 Å². The fraction of sp³-hybridized carbons (Fsp3) is 0.867. The Bertz CT molecular complexity index is 336. The minimum atomic E-state index is -0.804. The van der Waals surface area contributed by atoms with E-state index in [1.807, 2.05) is 7.05 Å². The fourth-order valence-electron chi connectivity index (χ4n) is 3.68. The first-order valence-electron chi connectivity index (χ1n) is 7.57. The maximum absolute atomic E-state index is 12.4. The van der Waals surface area contributed by atoms with Crippen molar-refractivity contribution in [2.24, 2.45) is 17.8 Å². The van der Waals surface area contributed by atoms with Crippen LogP contribution in [0.3, 0.4) is 0 Å². The van der Waals surface area contributed by atoms with Gasteiger partial charge >= 0.3 is 5.97 Å². The Morgan fingerprint density at radius 1 is 1.00 bits per heavy atom. The van der Waals surface area contributed by atoms with Crippen molar-refractivity contribution in [3.05, 3.63) is 0 Å². The first-order valence-corrected chi connectivity index (χ1v) is 7.57.